The number of sulfonamides is 1. The van der Waals surface area contributed by atoms with Crippen molar-refractivity contribution in [1.29, 1.82) is 0 Å². The van der Waals surface area contributed by atoms with Crippen molar-refractivity contribution >= 4 is 15.9 Å². The molecule has 1 aliphatic rings. The minimum absolute atomic E-state index is 0.0796. The zero-order valence-electron chi connectivity index (χ0n) is 14.3. The summed E-state index contributed by atoms with van der Waals surface area (Å²) in [6.45, 7) is 0. The van der Waals surface area contributed by atoms with Gasteiger partial charge < -0.3 is 4.74 Å². The fraction of sp³-hybridized carbons (Fsp3) is 0.316. The molecule has 1 amide bonds. The molecule has 0 aromatic heterocycles. The van der Waals surface area contributed by atoms with Crippen molar-refractivity contribution in [3.63, 3.8) is 0 Å². The number of hydrogen-bond donors (Lipinski definition) is 0. The molecule has 1 aliphatic carbocycles. The summed E-state index contributed by atoms with van der Waals surface area (Å²) < 4.78 is 31.2. The van der Waals surface area contributed by atoms with Crippen molar-refractivity contribution in [2.75, 3.05) is 14.2 Å². The molecule has 0 radical (unpaired) electrons. The number of nitrogens with zero attached hydrogens (tertiary/aromatic N) is 1. The Balaban J connectivity index is 1.75. The second-order valence-electron chi connectivity index (χ2n) is 6.18. The molecule has 0 bridgehead atoms. The average molecular weight is 359 g/mol. The first-order valence-electron chi connectivity index (χ1n) is 8.17. The summed E-state index contributed by atoms with van der Waals surface area (Å²) in [5, 5.41) is 0. The highest BCUT2D eigenvalue weighted by atomic mass is 32.2. The van der Waals surface area contributed by atoms with E-state index in [1.807, 2.05) is 18.2 Å². The van der Waals surface area contributed by atoms with Crippen LogP contribution in [0.5, 0.6) is 5.75 Å². The van der Waals surface area contributed by atoms with Gasteiger partial charge in [0.05, 0.1) is 12.0 Å². The molecule has 1 unspecified atom stereocenters. The summed E-state index contributed by atoms with van der Waals surface area (Å²) in [7, 11) is -1.02. The third-order valence-corrected chi connectivity index (χ3v) is 6.54. The smallest absolute Gasteiger partial charge is 0.266 e. The maximum Gasteiger partial charge on any atom is 0.266 e. The summed E-state index contributed by atoms with van der Waals surface area (Å²) in [6, 6.07) is 14.1. The van der Waals surface area contributed by atoms with Crippen LogP contribution in [-0.4, -0.2) is 32.8 Å². The van der Waals surface area contributed by atoms with E-state index in [2.05, 4.69) is 6.07 Å². The van der Waals surface area contributed by atoms with E-state index in [1.54, 1.807) is 12.1 Å². The van der Waals surface area contributed by atoms with E-state index in [4.69, 9.17) is 4.74 Å². The fourth-order valence-corrected chi connectivity index (χ4v) is 4.38. The monoisotopic (exact) mass is 359 g/mol. The molecule has 0 fully saturated rings. The first-order chi connectivity index (χ1) is 11.9. The van der Waals surface area contributed by atoms with Gasteiger partial charge in [-0.05, 0) is 54.2 Å². The molecule has 25 heavy (non-hydrogen) atoms. The maximum absolute atomic E-state index is 12.7. The highest BCUT2D eigenvalue weighted by Crippen LogP contribution is 2.35. The van der Waals surface area contributed by atoms with Crippen LogP contribution in [-0.2, 0) is 21.2 Å². The summed E-state index contributed by atoms with van der Waals surface area (Å²) >= 11 is 0. The Morgan fingerprint density at radius 3 is 2.52 bits per heavy atom. The molecule has 0 N–H and O–H groups in total. The number of hydrogen-bond acceptors (Lipinski definition) is 4. The van der Waals surface area contributed by atoms with Crippen molar-refractivity contribution in [3.05, 3.63) is 59.7 Å². The summed E-state index contributed by atoms with van der Waals surface area (Å²) in [5.41, 5.74) is 2.41. The molecule has 5 nitrogen and oxygen atoms in total. The molecule has 0 saturated carbocycles. The molecule has 2 aromatic rings. The van der Waals surface area contributed by atoms with E-state index in [0.29, 0.717) is 5.75 Å². The summed E-state index contributed by atoms with van der Waals surface area (Å²) in [4.78, 5) is 12.7. The standard InChI is InChI=1S/C19H21NO4S/c1-20(25(22,23)17-11-9-16(24-2)10-12-17)19(21)13-15-8-7-14-5-3-4-6-18(14)15/h3-6,9-12,15H,7-8,13H2,1-2H3. The van der Waals surface area contributed by atoms with Crippen LogP contribution >= 0.6 is 0 Å². The van der Waals surface area contributed by atoms with Crippen LogP contribution in [0.15, 0.2) is 53.4 Å². The van der Waals surface area contributed by atoms with Crippen LogP contribution in [0.3, 0.4) is 0 Å². The van der Waals surface area contributed by atoms with Gasteiger partial charge in [0, 0.05) is 13.5 Å². The number of fused-ring (bicyclic) bond motifs is 1. The molecule has 0 spiro atoms. The number of carbonyl (C=O) groups excluding carboxylic acids is 1. The summed E-state index contributed by atoms with van der Waals surface area (Å²) in [6.07, 6.45) is 2.01. The minimum Gasteiger partial charge on any atom is -0.497 e. The Bertz CT molecular complexity index is 875. The van der Waals surface area contributed by atoms with Crippen molar-refractivity contribution in [3.8, 4) is 5.75 Å². The van der Waals surface area contributed by atoms with Crippen molar-refractivity contribution in [2.45, 2.75) is 30.1 Å². The normalized spacial score (nSPS) is 16.3. The zero-order valence-corrected chi connectivity index (χ0v) is 15.1. The van der Waals surface area contributed by atoms with E-state index in [-0.39, 0.29) is 17.2 Å². The van der Waals surface area contributed by atoms with Gasteiger partial charge in [-0.3, -0.25) is 4.79 Å². The first kappa shape index (κ1) is 17.5. The van der Waals surface area contributed by atoms with Crippen molar-refractivity contribution in [2.24, 2.45) is 0 Å². The van der Waals surface area contributed by atoms with Crippen LogP contribution in [0.1, 0.15) is 29.9 Å². The van der Waals surface area contributed by atoms with Gasteiger partial charge in [-0.2, -0.15) is 0 Å². The van der Waals surface area contributed by atoms with E-state index >= 15 is 0 Å². The van der Waals surface area contributed by atoms with E-state index < -0.39 is 15.9 Å². The second-order valence-corrected chi connectivity index (χ2v) is 8.15. The molecule has 0 saturated heterocycles. The van der Waals surface area contributed by atoms with Gasteiger partial charge in [0.25, 0.3) is 10.0 Å². The third kappa shape index (κ3) is 3.39. The number of carbonyl (C=O) groups is 1. The van der Waals surface area contributed by atoms with Crippen LogP contribution in [0, 0.1) is 0 Å². The van der Waals surface area contributed by atoms with Gasteiger partial charge in [-0.1, -0.05) is 24.3 Å². The molecule has 2 aromatic carbocycles. The number of benzene rings is 2. The Hall–Kier alpha value is -2.34. The highest BCUT2D eigenvalue weighted by Gasteiger charge is 2.30. The molecular formula is C19H21NO4S. The molecular weight excluding hydrogens is 338 g/mol. The quantitative estimate of drug-likeness (QED) is 0.823. The van der Waals surface area contributed by atoms with E-state index in [9.17, 15) is 13.2 Å². The van der Waals surface area contributed by atoms with Crippen LogP contribution < -0.4 is 4.74 Å². The van der Waals surface area contributed by atoms with Crippen molar-refractivity contribution < 1.29 is 17.9 Å². The topological polar surface area (TPSA) is 63.7 Å². The number of aryl methyl sites for hydroxylation is 1. The number of rotatable bonds is 5. The molecule has 1 atom stereocenters. The number of amides is 1. The van der Waals surface area contributed by atoms with Crippen LogP contribution in [0.2, 0.25) is 0 Å². The zero-order chi connectivity index (χ0) is 18.0. The van der Waals surface area contributed by atoms with Gasteiger partial charge in [-0.15, -0.1) is 0 Å². The third-order valence-electron chi connectivity index (χ3n) is 4.75. The average Bonchev–Trinajstić information content (AvgIpc) is 3.04. The van der Waals surface area contributed by atoms with Crippen LogP contribution in [0.4, 0.5) is 0 Å². The highest BCUT2D eigenvalue weighted by molar-refractivity contribution is 7.89. The number of methoxy groups -OCH3 is 1. The molecule has 0 aliphatic heterocycles. The molecule has 0 heterocycles. The lowest BCUT2D eigenvalue weighted by Crippen LogP contribution is -2.33. The van der Waals surface area contributed by atoms with Crippen molar-refractivity contribution in [1.82, 2.24) is 4.31 Å². The lowest BCUT2D eigenvalue weighted by atomic mass is 9.98. The predicted octanol–water partition coefficient (Wildman–Crippen LogP) is 2.96. The van der Waals surface area contributed by atoms with Gasteiger partial charge in [0.2, 0.25) is 5.91 Å². The van der Waals surface area contributed by atoms with Gasteiger partial charge >= 0.3 is 0 Å². The Labute approximate surface area is 148 Å². The Kier molecular flexibility index (Phi) is 4.81. The SMILES string of the molecule is COc1ccc(S(=O)(=O)N(C)C(=O)CC2CCc3ccccc32)cc1. The summed E-state index contributed by atoms with van der Waals surface area (Å²) in [5.74, 6) is 0.255. The minimum atomic E-state index is -3.85. The van der Waals surface area contributed by atoms with Gasteiger partial charge in [0.15, 0.2) is 0 Å². The maximum atomic E-state index is 12.7. The van der Waals surface area contributed by atoms with E-state index in [1.165, 1.54) is 31.9 Å². The second kappa shape index (κ2) is 6.88. The number of ether oxygens (including phenoxy) is 1. The lowest BCUT2D eigenvalue weighted by molar-refractivity contribution is -0.126. The van der Waals surface area contributed by atoms with Gasteiger partial charge in [-0.25, -0.2) is 12.7 Å². The first-order valence-corrected chi connectivity index (χ1v) is 9.61. The predicted molar refractivity (Wildman–Crippen MR) is 95.1 cm³/mol. The van der Waals surface area contributed by atoms with Gasteiger partial charge in [0.1, 0.15) is 5.75 Å². The molecule has 3 rings (SSSR count). The molecule has 6 heteroatoms. The Morgan fingerprint density at radius 1 is 1.16 bits per heavy atom. The Morgan fingerprint density at radius 2 is 1.84 bits per heavy atom. The van der Waals surface area contributed by atoms with Crippen LogP contribution in [0.25, 0.3) is 0 Å². The largest absolute Gasteiger partial charge is 0.497 e. The fourth-order valence-electron chi connectivity index (χ4n) is 3.24. The lowest BCUT2D eigenvalue weighted by Gasteiger charge is -2.20. The molecule has 132 valence electrons. The van der Waals surface area contributed by atoms with E-state index in [0.717, 1.165) is 22.7 Å².